The topological polar surface area (TPSA) is 77.1 Å². The van der Waals surface area contributed by atoms with Crippen molar-refractivity contribution in [3.05, 3.63) is 83.8 Å². The first-order valence-electron chi connectivity index (χ1n) is 9.99. The largest absolute Gasteiger partial charge is 0.497 e. The van der Waals surface area contributed by atoms with Crippen LogP contribution in [-0.4, -0.2) is 33.1 Å². The summed E-state index contributed by atoms with van der Waals surface area (Å²) in [5.41, 5.74) is 1.13. The van der Waals surface area contributed by atoms with E-state index >= 15 is 0 Å². The number of nitrogens with zero attached hydrogens (tertiary/aromatic N) is 1. The molecule has 0 aromatic heterocycles. The van der Waals surface area contributed by atoms with Crippen LogP contribution < -0.4 is 24.4 Å². The SMILES string of the molecule is COc1cc(NC2=C(c3ccccc3OC)C(=O)N(c3cccc(F)c3)C2=O)cc(OC)c1. The van der Waals surface area contributed by atoms with E-state index in [1.54, 1.807) is 42.5 Å². The Morgan fingerprint density at radius 1 is 0.788 bits per heavy atom. The normalized spacial score (nSPS) is 13.4. The van der Waals surface area contributed by atoms with Gasteiger partial charge in [-0.25, -0.2) is 9.29 Å². The first kappa shape index (κ1) is 21.9. The molecule has 3 aromatic rings. The van der Waals surface area contributed by atoms with Crippen molar-refractivity contribution < 1.29 is 28.2 Å². The first-order valence-corrected chi connectivity index (χ1v) is 9.99. The van der Waals surface area contributed by atoms with Crippen LogP contribution in [0.4, 0.5) is 15.8 Å². The van der Waals surface area contributed by atoms with Crippen molar-refractivity contribution in [3.8, 4) is 17.2 Å². The molecule has 0 spiro atoms. The van der Waals surface area contributed by atoms with Gasteiger partial charge >= 0.3 is 0 Å². The fourth-order valence-corrected chi connectivity index (χ4v) is 3.62. The van der Waals surface area contributed by atoms with Gasteiger partial charge in [0, 0.05) is 29.4 Å². The lowest BCUT2D eigenvalue weighted by Gasteiger charge is -2.16. The van der Waals surface area contributed by atoms with Gasteiger partial charge in [-0.3, -0.25) is 9.59 Å². The van der Waals surface area contributed by atoms with E-state index in [2.05, 4.69) is 5.32 Å². The Labute approximate surface area is 190 Å². The number of hydrogen-bond acceptors (Lipinski definition) is 6. The quantitative estimate of drug-likeness (QED) is 0.545. The molecule has 1 N–H and O–H groups in total. The zero-order valence-corrected chi connectivity index (χ0v) is 18.2. The Kier molecular flexibility index (Phi) is 5.99. The van der Waals surface area contributed by atoms with Crippen LogP contribution in [0, 0.1) is 5.82 Å². The van der Waals surface area contributed by atoms with Crippen molar-refractivity contribution in [3.63, 3.8) is 0 Å². The van der Waals surface area contributed by atoms with E-state index in [0.717, 1.165) is 11.0 Å². The minimum absolute atomic E-state index is 0.0177. The molecule has 0 radical (unpaired) electrons. The van der Waals surface area contributed by atoms with E-state index in [1.165, 1.54) is 39.5 Å². The average Bonchev–Trinajstić information content (AvgIpc) is 3.07. The molecule has 1 aliphatic heterocycles. The zero-order valence-electron chi connectivity index (χ0n) is 18.2. The number of para-hydroxylation sites is 1. The van der Waals surface area contributed by atoms with Crippen LogP contribution in [0.2, 0.25) is 0 Å². The lowest BCUT2D eigenvalue weighted by molar-refractivity contribution is -0.120. The molecule has 33 heavy (non-hydrogen) atoms. The minimum Gasteiger partial charge on any atom is -0.497 e. The predicted molar refractivity (Wildman–Crippen MR) is 122 cm³/mol. The molecule has 8 heteroatoms. The van der Waals surface area contributed by atoms with Crippen LogP contribution in [0.15, 0.2) is 72.4 Å². The summed E-state index contributed by atoms with van der Waals surface area (Å²) in [5.74, 6) is -0.394. The van der Waals surface area contributed by atoms with Crippen molar-refractivity contribution in [1.29, 1.82) is 0 Å². The third-order valence-electron chi connectivity index (χ3n) is 5.15. The summed E-state index contributed by atoms with van der Waals surface area (Å²) in [6, 6.07) is 17.2. The third kappa shape index (κ3) is 4.10. The summed E-state index contributed by atoms with van der Waals surface area (Å²) >= 11 is 0. The monoisotopic (exact) mass is 448 g/mol. The molecule has 4 rings (SSSR count). The highest BCUT2D eigenvalue weighted by molar-refractivity contribution is 6.46. The van der Waals surface area contributed by atoms with Gasteiger partial charge in [-0.2, -0.15) is 0 Å². The van der Waals surface area contributed by atoms with E-state index in [1.807, 2.05) is 0 Å². The number of methoxy groups -OCH3 is 3. The number of ether oxygens (including phenoxy) is 3. The molecule has 3 aromatic carbocycles. The van der Waals surface area contributed by atoms with E-state index in [-0.39, 0.29) is 17.0 Å². The summed E-state index contributed by atoms with van der Waals surface area (Å²) < 4.78 is 29.9. The molecule has 0 fully saturated rings. The highest BCUT2D eigenvalue weighted by Crippen LogP contribution is 2.38. The molecule has 0 saturated carbocycles. The number of amides is 2. The highest BCUT2D eigenvalue weighted by Gasteiger charge is 2.41. The van der Waals surface area contributed by atoms with Gasteiger partial charge in [0.15, 0.2) is 0 Å². The second-order valence-corrected chi connectivity index (χ2v) is 7.10. The van der Waals surface area contributed by atoms with E-state index in [4.69, 9.17) is 14.2 Å². The minimum atomic E-state index is -0.631. The molecular weight excluding hydrogens is 427 g/mol. The van der Waals surface area contributed by atoms with Crippen LogP contribution >= 0.6 is 0 Å². The maximum Gasteiger partial charge on any atom is 0.282 e. The van der Waals surface area contributed by atoms with Gasteiger partial charge in [0.1, 0.15) is 28.8 Å². The second kappa shape index (κ2) is 9.04. The fourth-order valence-electron chi connectivity index (χ4n) is 3.62. The molecule has 7 nitrogen and oxygen atoms in total. The molecule has 0 atom stereocenters. The van der Waals surface area contributed by atoms with Gasteiger partial charge in [-0.1, -0.05) is 24.3 Å². The molecule has 2 amide bonds. The molecule has 0 aliphatic carbocycles. The summed E-state index contributed by atoms with van der Waals surface area (Å²) in [6.45, 7) is 0. The number of rotatable bonds is 7. The Bertz CT molecular complexity index is 1250. The fraction of sp³-hybridized carbons (Fsp3) is 0.120. The summed E-state index contributed by atoms with van der Waals surface area (Å²) in [5, 5.41) is 3.04. The highest BCUT2D eigenvalue weighted by atomic mass is 19.1. The van der Waals surface area contributed by atoms with Crippen molar-refractivity contribution in [2.75, 3.05) is 31.5 Å². The van der Waals surface area contributed by atoms with E-state index < -0.39 is 17.6 Å². The van der Waals surface area contributed by atoms with E-state index in [0.29, 0.717) is 28.5 Å². The standard InChI is InChI=1S/C25H21FN2O5/c1-31-18-12-16(13-19(14-18)32-2)27-23-22(20-9-4-5-10-21(20)33-3)24(29)28(25(23)30)17-8-6-7-15(26)11-17/h4-14,27H,1-3H3. The van der Waals surface area contributed by atoms with Gasteiger partial charge in [0.2, 0.25) is 0 Å². The molecular formula is C25H21FN2O5. The lowest BCUT2D eigenvalue weighted by Crippen LogP contribution is -2.32. The molecule has 1 heterocycles. The van der Waals surface area contributed by atoms with Crippen LogP contribution in [0.3, 0.4) is 0 Å². The number of imide groups is 1. The Hall–Kier alpha value is -4.33. The van der Waals surface area contributed by atoms with Gasteiger partial charge < -0.3 is 19.5 Å². The Balaban J connectivity index is 1.88. The number of carbonyl (C=O) groups excluding carboxylic acids is 2. The predicted octanol–water partition coefficient (Wildman–Crippen LogP) is 4.25. The van der Waals surface area contributed by atoms with Crippen molar-refractivity contribution >= 4 is 28.8 Å². The van der Waals surface area contributed by atoms with Crippen LogP contribution in [0.1, 0.15) is 5.56 Å². The van der Waals surface area contributed by atoms with Crippen molar-refractivity contribution in [1.82, 2.24) is 0 Å². The third-order valence-corrected chi connectivity index (χ3v) is 5.15. The molecule has 168 valence electrons. The Morgan fingerprint density at radius 3 is 2.12 bits per heavy atom. The maximum atomic E-state index is 13.9. The summed E-state index contributed by atoms with van der Waals surface area (Å²) in [6.07, 6.45) is 0. The van der Waals surface area contributed by atoms with Crippen LogP contribution in [0.5, 0.6) is 17.2 Å². The van der Waals surface area contributed by atoms with Crippen molar-refractivity contribution in [2.45, 2.75) is 0 Å². The number of hydrogen-bond donors (Lipinski definition) is 1. The second-order valence-electron chi connectivity index (χ2n) is 7.10. The first-order chi connectivity index (χ1) is 16.0. The number of anilines is 2. The van der Waals surface area contributed by atoms with Crippen molar-refractivity contribution in [2.24, 2.45) is 0 Å². The van der Waals surface area contributed by atoms with Gasteiger partial charge in [0.05, 0.1) is 32.6 Å². The van der Waals surface area contributed by atoms with Gasteiger partial charge in [0.25, 0.3) is 11.8 Å². The summed E-state index contributed by atoms with van der Waals surface area (Å²) in [7, 11) is 4.49. The number of nitrogens with one attached hydrogen (secondary N) is 1. The van der Waals surface area contributed by atoms with Gasteiger partial charge in [-0.05, 0) is 24.3 Å². The number of benzene rings is 3. The maximum absolute atomic E-state index is 13.9. The summed E-state index contributed by atoms with van der Waals surface area (Å²) in [4.78, 5) is 27.9. The molecule has 0 unspecified atom stereocenters. The van der Waals surface area contributed by atoms with E-state index in [9.17, 15) is 14.0 Å². The molecule has 0 bridgehead atoms. The zero-order chi connectivity index (χ0) is 23.5. The van der Waals surface area contributed by atoms with Crippen LogP contribution in [0.25, 0.3) is 5.57 Å². The molecule has 1 aliphatic rings. The molecule has 0 saturated heterocycles. The number of carbonyl (C=O) groups is 2. The Morgan fingerprint density at radius 2 is 1.48 bits per heavy atom. The smallest absolute Gasteiger partial charge is 0.282 e. The average molecular weight is 448 g/mol. The number of halogens is 1. The van der Waals surface area contributed by atoms with Crippen LogP contribution in [-0.2, 0) is 9.59 Å². The van der Waals surface area contributed by atoms with Gasteiger partial charge in [-0.15, -0.1) is 0 Å². The lowest BCUT2D eigenvalue weighted by atomic mass is 10.0.